The van der Waals surface area contributed by atoms with Crippen LogP contribution in [0, 0.1) is 6.92 Å². The zero-order chi connectivity index (χ0) is 22.0. The van der Waals surface area contributed by atoms with Crippen LogP contribution in [0.25, 0.3) is 0 Å². The van der Waals surface area contributed by atoms with Crippen molar-refractivity contribution in [2.75, 3.05) is 11.8 Å². The first kappa shape index (κ1) is 21.3. The maximum absolute atomic E-state index is 12.8. The Kier molecular flexibility index (Phi) is 5.97. The molecule has 0 spiro atoms. The molecule has 0 radical (unpaired) electrons. The highest BCUT2D eigenvalue weighted by Gasteiger charge is 2.23. The van der Waals surface area contributed by atoms with Crippen molar-refractivity contribution in [3.05, 3.63) is 69.7 Å². The van der Waals surface area contributed by atoms with Gasteiger partial charge in [0.1, 0.15) is 12.4 Å². The van der Waals surface area contributed by atoms with Gasteiger partial charge in [0.2, 0.25) is 4.34 Å². The second-order valence-corrected chi connectivity index (χ2v) is 10.0. The minimum absolute atomic E-state index is 0.0230. The molecule has 1 aliphatic carbocycles. The number of aromatic nitrogens is 1. The van der Waals surface area contributed by atoms with E-state index in [1.54, 1.807) is 36.6 Å². The van der Waals surface area contributed by atoms with Gasteiger partial charge in [-0.15, -0.1) is 11.3 Å². The number of aryl methyl sites for hydroxylation is 3. The Morgan fingerprint density at radius 3 is 2.52 bits per heavy atom. The predicted molar refractivity (Wildman–Crippen MR) is 118 cm³/mol. The van der Waals surface area contributed by atoms with Crippen molar-refractivity contribution in [3.8, 4) is 5.75 Å². The van der Waals surface area contributed by atoms with Crippen LogP contribution in [-0.4, -0.2) is 26.5 Å². The average Bonchev–Trinajstić information content (AvgIpc) is 3.40. The van der Waals surface area contributed by atoms with Crippen molar-refractivity contribution in [2.24, 2.45) is 0 Å². The third-order valence-corrected chi connectivity index (χ3v) is 7.77. The Balaban J connectivity index is 1.57. The summed E-state index contributed by atoms with van der Waals surface area (Å²) < 4.78 is 39.0. The number of sulfonamides is 1. The molecule has 162 valence electrons. The number of benzene rings is 2. The smallest absolute Gasteiger partial charge is 0.337 e. The van der Waals surface area contributed by atoms with Gasteiger partial charge in [0.25, 0.3) is 10.0 Å². The van der Waals surface area contributed by atoms with Crippen LogP contribution in [-0.2, 0) is 34.2 Å². The molecule has 3 aromatic rings. The second kappa shape index (κ2) is 8.68. The molecule has 0 saturated carbocycles. The van der Waals surface area contributed by atoms with Crippen molar-refractivity contribution in [1.82, 2.24) is 4.98 Å². The summed E-state index contributed by atoms with van der Waals surface area (Å²) in [5.41, 5.74) is 4.66. The Morgan fingerprint density at radius 2 is 1.87 bits per heavy atom. The number of carbonyl (C=O) groups excluding carboxylic acids is 1. The standard InChI is InChI=1S/C22H22N2O5S2/c1-14-13-30-22(23-14)31(26,27)24-19-10-17-4-3-5-18(17)11-20(19)29-12-15-6-8-16(9-7-15)21(25)28-2/h6-11,13,24H,3-5,12H2,1-2H3. The first-order valence-electron chi connectivity index (χ1n) is 9.76. The van der Waals surface area contributed by atoms with Crippen LogP contribution in [0.5, 0.6) is 5.75 Å². The van der Waals surface area contributed by atoms with Crippen molar-refractivity contribution in [1.29, 1.82) is 0 Å². The van der Waals surface area contributed by atoms with Crippen molar-refractivity contribution < 1.29 is 22.7 Å². The molecule has 4 rings (SSSR count). The Hall–Kier alpha value is -2.91. The predicted octanol–water partition coefficient (Wildman–Crippen LogP) is 4.11. The summed E-state index contributed by atoms with van der Waals surface area (Å²) in [5.74, 6) is 0.0646. The largest absolute Gasteiger partial charge is 0.487 e. The highest BCUT2D eigenvalue weighted by Crippen LogP contribution is 2.35. The van der Waals surface area contributed by atoms with Gasteiger partial charge in [-0.05, 0) is 67.1 Å². The fourth-order valence-electron chi connectivity index (χ4n) is 3.46. The maximum Gasteiger partial charge on any atom is 0.337 e. The summed E-state index contributed by atoms with van der Waals surface area (Å²) in [5, 5.41) is 1.70. The second-order valence-electron chi connectivity index (χ2n) is 7.31. The summed E-state index contributed by atoms with van der Waals surface area (Å²) in [4.78, 5) is 15.7. The van der Waals surface area contributed by atoms with Crippen molar-refractivity contribution in [3.63, 3.8) is 0 Å². The molecule has 9 heteroatoms. The fourth-order valence-corrected chi connectivity index (χ4v) is 5.56. The molecule has 0 atom stereocenters. The van der Waals surface area contributed by atoms with Crippen LogP contribution < -0.4 is 9.46 Å². The van der Waals surface area contributed by atoms with Gasteiger partial charge in [0, 0.05) is 11.1 Å². The highest BCUT2D eigenvalue weighted by molar-refractivity contribution is 7.94. The van der Waals surface area contributed by atoms with Gasteiger partial charge in [0.05, 0.1) is 18.4 Å². The van der Waals surface area contributed by atoms with Crippen LogP contribution >= 0.6 is 11.3 Å². The monoisotopic (exact) mass is 458 g/mol. The number of rotatable bonds is 7. The number of hydrogen-bond donors (Lipinski definition) is 1. The van der Waals surface area contributed by atoms with Crippen LogP contribution in [0.1, 0.15) is 39.2 Å². The number of nitrogens with one attached hydrogen (secondary N) is 1. The molecule has 0 bridgehead atoms. The summed E-state index contributed by atoms with van der Waals surface area (Å²) in [7, 11) is -2.47. The third kappa shape index (κ3) is 4.72. The lowest BCUT2D eigenvalue weighted by molar-refractivity contribution is 0.0600. The molecule has 1 heterocycles. The Labute approximate surface area is 185 Å². The number of esters is 1. The Morgan fingerprint density at radius 1 is 1.16 bits per heavy atom. The van der Waals surface area contributed by atoms with E-state index in [0.29, 0.717) is 22.7 Å². The molecule has 0 saturated heterocycles. The van der Waals surface area contributed by atoms with Crippen LogP contribution in [0.4, 0.5) is 5.69 Å². The van der Waals surface area contributed by atoms with E-state index in [9.17, 15) is 13.2 Å². The number of thiazole rings is 1. The van der Waals surface area contributed by atoms with E-state index in [-0.39, 0.29) is 10.9 Å². The lowest BCUT2D eigenvalue weighted by Gasteiger charge is -2.15. The van der Waals surface area contributed by atoms with Crippen LogP contribution in [0.15, 0.2) is 46.1 Å². The van der Waals surface area contributed by atoms with E-state index < -0.39 is 16.0 Å². The minimum atomic E-state index is -3.81. The number of methoxy groups -OCH3 is 1. The maximum atomic E-state index is 12.8. The van der Waals surface area contributed by atoms with Crippen molar-refractivity contribution >= 4 is 33.0 Å². The lowest BCUT2D eigenvalue weighted by atomic mass is 10.1. The highest BCUT2D eigenvalue weighted by atomic mass is 32.2. The van der Waals surface area contributed by atoms with E-state index in [1.807, 2.05) is 12.1 Å². The van der Waals surface area contributed by atoms with E-state index in [4.69, 9.17) is 9.47 Å². The molecule has 1 aliphatic rings. The minimum Gasteiger partial charge on any atom is -0.487 e. The fraction of sp³-hybridized carbons (Fsp3) is 0.273. The summed E-state index contributed by atoms with van der Waals surface area (Å²) in [6.07, 6.45) is 2.89. The molecule has 0 fully saturated rings. The van der Waals surface area contributed by atoms with E-state index in [2.05, 4.69) is 9.71 Å². The van der Waals surface area contributed by atoms with Gasteiger partial charge < -0.3 is 9.47 Å². The topological polar surface area (TPSA) is 94.6 Å². The summed E-state index contributed by atoms with van der Waals surface area (Å²) in [6, 6.07) is 10.7. The van der Waals surface area contributed by atoms with Gasteiger partial charge in [-0.2, -0.15) is 8.42 Å². The van der Waals surface area contributed by atoms with Crippen LogP contribution in [0.2, 0.25) is 0 Å². The molecule has 0 unspecified atom stereocenters. The number of nitrogens with zero attached hydrogens (tertiary/aromatic N) is 1. The molecule has 7 nitrogen and oxygen atoms in total. The van der Waals surface area contributed by atoms with E-state index in [1.165, 1.54) is 12.7 Å². The van der Waals surface area contributed by atoms with Gasteiger partial charge >= 0.3 is 5.97 Å². The number of fused-ring (bicyclic) bond motifs is 1. The molecule has 31 heavy (non-hydrogen) atoms. The molecule has 1 N–H and O–H groups in total. The SMILES string of the molecule is COC(=O)c1ccc(COc2cc3c(cc2NS(=O)(=O)c2nc(C)cs2)CCC3)cc1. The molecular weight excluding hydrogens is 436 g/mol. The zero-order valence-corrected chi connectivity index (χ0v) is 18.8. The quantitative estimate of drug-likeness (QED) is 0.536. The molecule has 2 aromatic carbocycles. The van der Waals surface area contributed by atoms with Gasteiger partial charge in [0.15, 0.2) is 0 Å². The number of anilines is 1. The summed E-state index contributed by atoms with van der Waals surface area (Å²) in [6.45, 7) is 1.98. The van der Waals surface area contributed by atoms with Gasteiger partial charge in [-0.25, -0.2) is 9.78 Å². The molecule has 0 aliphatic heterocycles. The first-order chi connectivity index (χ1) is 14.9. The number of hydrogen-bond acceptors (Lipinski definition) is 7. The molecule has 1 aromatic heterocycles. The molecular formula is C22H22N2O5S2. The van der Waals surface area contributed by atoms with Gasteiger partial charge in [-0.1, -0.05) is 12.1 Å². The lowest BCUT2D eigenvalue weighted by Crippen LogP contribution is -2.14. The third-order valence-electron chi connectivity index (χ3n) is 5.04. The van der Waals surface area contributed by atoms with E-state index >= 15 is 0 Å². The first-order valence-corrected chi connectivity index (χ1v) is 12.1. The van der Waals surface area contributed by atoms with Crippen molar-refractivity contribution in [2.45, 2.75) is 37.1 Å². The summed E-state index contributed by atoms with van der Waals surface area (Å²) >= 11 is 1.08. The van der Waals surface area contributed by atoms with Gasteiger partial charge in [-0.3, -0.25) is 4.72 Å². The normalized spacial score (nSPS) is 13.0. The van der Waals surface area contributed by atoms with E-state index in [0.717, 1.165) is 41.7 Å². The number of ether oxygens (including phenoxy) is 2. The Bertz CT molecular complexity index is 1220. The van der Waals surface area contributed by atoms with Crippen LogP contribution in [0.3, 0.4) is 0 Å². The number of carbonyl (C=O) groups is 1. The molecule has 0 amide bonds. The average molecular weight is 459 g/mol. The zero-order valence-electron chi connectivity index (χ0n) is 17.2.